The Morgan fingerprint density at radius 3 is 2.40 bits per heavy atom. The van der Waals surface area contributed by atoms with Crippen LogP contribution in [0.15, 0.2) is 34.9 Å². The lowest BCUT2D eigenvalue weighted by molar-refractivity contribution is 0.0671. The zero-order valence-corrected chi connectivity index (χ0v) is 14.5. The number of carbonyl (C=O) groups is 2. The first-order chi connectivity index (χ1) is 12.1. The maximum atomic E-state index is 12.5. The number of carbonyl (C=O) groups excluding carboxylic acids is 2. The van der Waals surface area contributed by atoms with Crippen LogP contribution in [0.4, 0.5) is 10.5 Å². The number of anilines is 1. The molecule has 0 aliphatic carbocycles. The Morgan fingerprint density at radius 1 is 1.12 bits per heavy atom. The molecule has 7 heteroatoms. The minimum atomic E-state index is -0.187. The largest absolute Gasteiger partial charge is 0.359 e. The molecular formula is C18H22N4O3. The number of hydrogen-bond donors (Lipinski definition) is 1. The molecule has 1 fully saturated rings. The molecule has 0 spiro atoms. The van der Waals surface area contributed by atoms with Crippen molar-refractivity contribution in [3.8, 4) is 0 Å². The van der Waals surface area contributed by atoms with Crippen LogP contribution < -0.4 is 5.32 Å². The lowest BCUT2D eigenvalue weighted by Crippen LogP contribution is -2.51. The van der Waals surface area contributed by atoms with Gasteiger partial charge >= 0.3 is 6.03 Å². The Morgan fingerprint density at radius 2 is 1.76 bits per heavy atom. The number of benzene rings is 1. The molecule has 3 amide bonds. The van der Waals surface area contributed by atoms with Gasteiger partial charge in [0, 0.05) is 38.2 Å². The van der Waals surface area contributed by atoms with E-state index in [2.05, 4.69) is 10.5 Å². The van der Waals surface area contributed by atoms with Gasteiger partial charge < -0.3 is 19.6 Å². The molecule has 0 bridgehead atoms. The summed E-state index contributed by atoms with van der Waals surface area (Å²) < 4.78 is 5.19. The summed E-state index contributed by atoms with van der Waals surface area (Å²) >= 11 is 0. The second kappa shape index (κ2) is 7.38. The second-order valence-corrected chi connectivity index (χ2v) is 6.00. The molecule has 2 aromatic rings. The third-order valence-electron chi connectivity index (χ3n) is 4.36. The standard InChI is InChI=1S/C18H22N4O3/c1-3-15-16(13(2)20-25-15)19-18(24)22-11-9-21(10-12-22)17(23)14-7-5-4-6-8-14/h4-8H,3,9-12H2,1-2H3,(H,19,24). The first-order valence-corrected chi connectivity index (χ1v) is 8.45. The zero-order chi connectivity index (χ0) is 17.8. The molecule has 0 radical (unpaired) electrons. The number of hydrogen-bond acceptors (Lipinski definition) is 4. The van der Waals surface area contributed by atoms with E-state index >= 15 is 0 Å². The summed E-state index contributed by atoms with van der Waals surface area (Å²) in [7, 11) is 0. The molecular weight excluding hydrogens is 320 g/mol. The first kappa shape index (κ1) is 17.0. The van der Waals surface area contributed by atoms with Crippen LogP contribution in [0, 0.1) is 6.92 Å². The number of aromatic nitrogens is 1. The molecule has 0 unspecified atom stereocenters. The van der Waals surface area contributed by atoms with E-state index < -0.39 is 0 Å². The van der Waals surface area contributed by atoms with Crippen molar-refractivity contribution in [3.05, 3.63) is 47.3 Å². The zero-order valence-electron chi connectivity index (χ0n) is 14.5. The maximum absolute atomic E-state index is 12.5. The van der Waals surface area contributed by atoms with E-state index in [0.29, 0.717) is 55.3 Å². The predicted molar refractivity (Wildman–Crippen MR) is 93.6 cm³/mol. The predicted octanol–water partition coefficient (Wildman–Crippen LogP) is 2.54. The highest BCUT2D eigenvalue weighted by molar-refractivity contribution is 5.94. The van der Waals surface area contributed by atoms with Crippen LogP contribution in [0.25, 0.3) is 0 Å². The number of urea groups is 1. The summed E-state index contributed by atoms with van der Waals surface area (Å²) in [5.74, 6) is 0.674. The van der Waals surface area contributed by atoms with Gasteiger partial charge in [0.15, 0.2) is 5.76 Å². The van der Waals surface area contributed by atoms with Crippen LogP contribution in [0.3, 0.4) is 0 Å². The summed E-state index contributed by atoms with van der Waals surface area (Å²) in [5.41, 5.74) is 1.99. The van der Waals surface area contributed by atoms with Gasteiger partial charge in [-0.1, -0.05) is 30.3 Å². The van der Waals surface area contributed by atoms with Crippen molar-refractivity contribution in [2.45, 2.75) is 20.3 Å². The molecule has 7 nitrogen and oxygen atoms in total. The monoisotopic (exact) mass is 342 g/mol. The SMILES string of the molecule is CCc1onc(C)c1NC(=O)N1CCN(C(=O)c2ccccc2)CC1. The lowest BCUT2D eigenvalue weighted by Gasteiger charge is -2.34. The second-order valence-electron chi connectivity index (χ2n) is 6.00. The number of nitrogens with one attached hydrogen (secondary N) is 1. The smallest absolute Gasteiger partial charge is 0.322 e. The van der Waals surface area contributed by atoms with Crippen molar-refractivity contribution in [2.75, 3.05) is 31.5 Å². The fraction of sp³-hybridized carbons (Fsp3) is 0.389. The molecule has 25 heavy (non-hydrogen) atoms. The molecule has 0 saturated carbocycles. The molecule has 1 saturated heterocycles. The van der Waals surface area contributed by atoms with Crippen molar-refractivity contribution in [1.82, 2.24) is 15.0 Å². The number of rotatable bonds is 3. The Bertz CT molecular complexity index is 749. The summed E-state index contributed by atoms with van der Waals surface area (Å²) in [5, 5.41) is 6.78. The topological polar surface area (TPSA) is 78.7 Å². The van der Waals surface area contributed by atoms with Crippen LogP contribution in [-0.4, -0.2) is 53.1 Å². The molecule has 1 N–H and O–H groups in total. The molecule has 1 aliphatic rings. The van der Waals surface area contributed by atoms with E-state index in [1.807, 2.05) is 37.3 Å². The molecule has 3 rings (SSSR count). The van der Waals surface area contributed by atoms with E-state index in [-0.39, 0.29) is 11.9 Å². The van der Waals surface area contributed by atoms with E-state index in [4.69, 9.17) is 4.52 Å². The fourth-order valence-electron chi connectivity index (χ4n) is 2.88. The Hall–Kier alpha value is -2.83. The molecule has 0 atom stereocenters. The van der Waals surface area contributed by atoms with E-state index in [1.165, 1.54) is 0 Å². The quantitative estimate of drug-likeness (QED) is 0.930. The van der Waals surface area contributed by atoms with Gasteiger partial charge in [-0.3, -0.25) is 4.79 Å². The van der Waals surface area contributed by atoms with Crippen molar-refractivity contribution < 1.29 is 14.1 Å². The summed E-state index contributed by atoms with van der Waals surface area (Å²) in [4.78, 5) is 28.4. The van der Waals surface area contributed by atoms with Crippen LogP contribution in [-0.2, 0) is 6.42 Å². The van der Waals surface area contributed by atoms with Gasteiger partial charge in [-0.15, -0.1) is 0 Å². The summed E-state index contributed by atoms with van der Waals surface area (Å²) in [6, 6.07) is 9.02. The molecule has 1 aromatic heterocycles. The average Bonchev–Trinajstić information content (AvgIpc) is 3.01. The van der Waals surface area contributed by atoms with E-state index in [0.717, 1.165) is 0 Å². The molecule has 1 aliphatic heterocycles. The Labute approximate surface area is 146 Å². The van der Waals surface area contributed by atoms with Crippen molar-refractivity contribution in [1.29, 1.82) is 0 Å². The first-order valence-electron chi connectivity index (χ1n) is 8.45. The van der Waals surface area contributed by atoms with Crippen molar-refractivity contribution >= 4 is 17.6 Å². The maximum Gasteiger partial charge on any atom is 0.322 e. The third kappa shape index (κ3) is 3.65. The van der Waals surface area contributed by atoms with Crippen molar-refractivity contribution in [3.63, 3.8) is 0 Å². The van der Waals surface area contributed by atoms with Gasteiger partial charge in [-0.2, -0.15) is 0 Å². The van der Waals surface area contributed by atoms with Gasteiger partial charge in [0.25, 0.3) is 5.91 Å². The van der Waals surface area contributed by atoms with Crippen LogP contribution >= 0.6 is 0 Å². The summed E-state index contributed by atoms with van der Waals surface area (Å²) in [6.45, 7) is 5.78. The number of nitrogens with zero attached hydrogens (tertiary/aromatic N) is 3. The molecule has 2 heterocycles. The summed E-state index contributed by atoms with van der Waals surface area (Å²) in [6.07, 6.45) is 0.663. The number of piperazine rings is 1. The van der Waals surface area contributed by atoms with Crippen LogP contribution in [0.1, 0.15) is 28.7 Å². The molecule has 1 aromatic carbocycles. The highest BCUT2D eigenvalue weighted by Gasteiger charge is 2.26. The van der Waals surface area contributed by atoms with Gasteiger partial charge in [-0.05, 0) is 19.1 Å². The lowest BCUT2D eigenvalue weighted by atomic mass is 10.2. The van der Waals surface area contributed by atoms with E-state index in [1.54, 1.807) is 16.7 Å². The third-order valence-corrected chi connectivity index (χ3v) is 4.36. The van der Waals surface area contributed by atoms with Crippen molar-refractivity contribution in [2.24, 2.45) is 0 Å². The number of amides is 3. The van der Waals surface area contributed by atoms with Gasteiger partial charge in [-0.25, -0.2) is 4.79 Å². The van der Waals surface area contributed by atoms with Gasteiger partial charge in [0.1, 0.15) is 11.4 Å². The van der Waals surface area contributed by atoms with E-state index in [9.17, 15) is 9.59 Å². The van der Waals surface area contributed by atoms with Gasteiger partial charge in [0.05, 0.1) is 0 Å². The highest BCUT2D eigenvalue weighted by Crippen LogP contribution is 2.21. The number of aryl methyl sites for hydroxylation is 2. The fourth-order valence-corrected chi connectivity index (χ4v) is 2.88. The minimum absolute atomic E-state index is 0.00352. The minimum Gasteiger partial charge on any atom is -0.359 e. The molecule has 132 valence electrons. The van der Waals surface area contributed by atoms with Crippen LogP contribution in [0.2, 0.25) is 0 Å². The van der Waals surface area contributed by atoms with Crippen LogP contribution in [0.5, 0.6) is 0 Å². The Kier molecular flexibility index (Phi) is 5.02. The van der Waals surface area contributed by atoms with Gasteiger partial charge in [0.2, 0.25) is 0 Å². The highest BCUT2D eigenvalue weighted by atomic mass is 16.5. The Balaban J connectivity index is 1.58. The normalized spacial score (nSPS) is 14.5. The average molecular weight is 342 g/mol.